The molecule has 172 valence electrons. The average molecular weight is 461 g/mol. The molecule has 8 nitrogen and oxygen atoms in total. The number of benzene rings is 2. The van der Waals surface area contributed by atoms with E-state index in [0.29, 0.717) is 29.8 Å². The maximum absolute atomic E-state index is 13.0. The molecular weight excluding hydrogens is 432 g/mol. The number of nitrogens with one attached hydrogen (secondary N) is 1. The number of anilines is 1. The molecule has 0 unspecified atom stereocenters. The third kappa shape index (κ3) is 5.86. The summed E-state index contributed by atoms with van der Waals surface area (Å²) in [7, 11) is -1.75. The Kier molecular flexibility index (Phi) is 7.87. The third-order valence-corrected chi connectivity index (χ3v) is 7.34. The van der Waals surface area contributed by atoms with E-state index >= 15 is 0 Å². The molecule has 1 aliphatic rings. The highest BCUT2D eigenvalue weighted by molar-refractivity contribution is 7.89. The first-order valence-corrected chi connectivity index (χ1v) is 12.1. The topological polar surface area (TPSA) is 102 Å². The maximum Gasteiger partial charge on any atom is 0.310 e. The van der Waals surface area contributed by atoms with Gasteiger partial charge in [-0.05, 0) is 31.9 Å². The fraction of sp³-hybridized carbons (Fsp3) is 0.391. The second kappa shape index (κ2) is 10.6. The van der Waals surface area contributed by atoms with E-state index < -0.39 is 33.9 Å². The lowest BCUT2D eigenvalue weighted by Gasteiger charge is -2.30. The quantitative estimate of drug-likeness (QED) is 0.608. The molecule has 1 saturated heterocycles. The fourth-order valence-corrected chi connectivity index (χ4v) is 4.71. The normalized spacial score (nSPS) is 16.2. The number of sulfonamides is 1. The molecule has 9 heteroatoms. The van der Waals surface area contributed by atoms with Crippen LogP contribution in [0.2, 0.25) is 0 Å². The Hall–Kier alpha value is -2.91. The number of nitrogens with zero attached hydrogens (tertiary/aromatic N) is 1. The average Bonchev–Trinajstić information content (AvgIpc) is 2.83. The number of ether oxygens (including phenoxy) is 2. The number of carbonyl (C=O) groups is 2. The highest BCUT2D eigenvalue weighted by Gasteiger charge is 2.34. The van der Waals surface area contributed by atoms with Crippen LogP contribution < -0.4 is 10.1 Å². The molecule has 1 N–H and O–H groups in total. The Morgan fingerprint density at radius 3 is 2.41 bits per heavy atom. The number of hydrogen-bond donors (Lipinski definition) is 1. The van der Waals surface area contributed by atoms with Crippen molar-refractivity contribution >= 4 is 27.6 Å². The van der Waals surface area contributed by atoms with E-state index in [9.17, 15) is 18.0 Å². The van der Waals surface area contributed by atoms with Crippen LogP contribution in [0.1, 0.15) is 31.4 Å². The third-order valence-electron chi connectivity index (χ3n) is 5.46. The minimum absolute atomic E-state index is 0.0304. The highest BCUT2D eigenvalue weighted by Crippen LogP contribution is 2.27. The second-order valence-electron chi connectivity index (χ2n) is 7.52. The number of piperidine rings is 1. The molecular formula is C23H28N2O6S. The molecule has 32 heavy (non-hydrogen) atoms. The predicted octanol–water partition coefficient (Wildman–Crippen LogP) is 2.98. The molecule has 2 aromatic rings. The summed E-state index contributed by atoms with van der Waals surface area (Å²) in [5.74, 6) is -0.834. The van der Waals surface area contributed by atoms with Crippen LogP contribution in [0.5, 0.6) is 5.75 Å². The molecule has 0 bridgehead atoms. The van der Waals surface area contributed by atoms with Crippen molar-refractivity contribution in [1.29, 1.82) is 0 Å². The van der Waals surface area contributed by atoms with Gasteiger partial charge in [0.2, 0.25) is 16.1 Å². The zero-order chi connectivity index (χ0) is 23.1. The van der Waals surface area contributed by atoms with Crippen molar-refractivity contribution in [2.24, 2.45) is 5.92 Å². The number of amides is 1. The molecule has 1 heterocycles. The predicted molar refractivity (Wildman–Crippen MR) is 121 cm³/mol. The van der Waals surface area contributed by atoms with Gasteiger partial charge in [-0.25, -0.2) is 12.7 Å². The van der Waals surface area contributed by atoms with Crippen molar-refractivity contribution in [3.8, 4) is 5.75 Å². The van der Waals surface area contributed by atoms with Gasteiger partial charge in [0, 0.05) is 30.4 Å². The summed E-state index contributed by atoms with van der Waals surface area (Å²) in [5, 5.41) is 2.77. The van der Waals surface area contributed by atoms with Crippen LogP contribution >= 0.6 is 0 Å². The van der Waals surface area contributed by atoms with Gasteiger partial charge >= 0.3 is 5.97 Å². The summed E-state index contributed by atoms with van der Waals surface area (Å²) >= 11 is 0. The van der Waals surface area contributed by atoms with E-state index in [1.54, 1.807) is 55.5 Å². The van der Waals surface area contributed by atoms with Gasteiger partial charge in [-0.3, -0.25) is 9.59 Å². The SMILES string of the molecule is CCS(=O)(=O)N1CCC(C(=O)O[C@@H](C(=O)Nc2cccc(OC)c2)c2ccccc2)CC1. The number of rotatable bonds is 8. The molecule has 1 fully saturated rings. The van der Waals surface area contributed by atoms with Gasteiger partial charge in [0.15, 0.2) is 0 Å². The molecule has 0 saturated carbocycles. The van der Waals surface area contributed by atoms with Crippen LogP contribution in [0.15, 0.2) is 54.6 Å². The molecule has 1 amide bonds. The van der Waals surface area contributed by atoms with Crippen LogP contribution in [0.3, 0.4) is 0 Å². The Morgan fingerprint density at radius 2 is 1.78 bits per heavy atom. The lowest BCUT2D eigenvalue weighted by Crippen LogP contribution is -2.41. The maximum atomic E-state index is 13.0. The Morgan fingerprint density at radius 1 is 1.09 bits per heavy atom. The fourth-order valence-electron chi connectivity index (χ4n) is 3.57. The lowest BCUT2D eigenvalue weighted by molar-refractivity contribution is -0.160. The van der Waals surface area contributed by atoms with Gasteiger partial charge in [0.1, 0.15) is 5.75 Å². The molecule has 0 radical (unpaired) electrons. The van der Waals surface area contributed by atoms with Crippen LogP contribution in [-0.4, -0.2) is 50.6 Å². The van der Waals surface area contributed by atoms with Gasteiger partial charge in [0.25, 0.3) is 5.91 Å². The molecule has 3 rings (SSSR count). The van der Waals surface area contributed by atoms with Crippen molar-refractivity contribution in [2.45, 2.75) is 25.9 Å². The zero-order valence-corrected chi connectivity index (χ0v) is 19.0. The summed E-state index contributed by atoms with van der Waals surface area (Å²) in [5.41, 5.74) is 1.07. The first kappa shape index (κ1) is 23.7. The van der Waals surface area contributed by atoms with Gasteiger partial charge in [0.05, 0.1) is 18.8 Å². The molecule has 1 atom stereocenters. The summed E-state index contributed by atoms with van der Waals surface area (Å²) < 4.78 is 36.4. The van der Waals surface area contributed by atoms with Gasteiger partial charge in [-0.15, -0.1) is 0 Å². The molecule has 0 aromatic heterocycles. The summed E-state index contributed by atoms with van der Waals surface area (Å²) in [4.78, 5) is 25.9. The van der Waals surface area contributed by atoms with E-state index in [0.717, 1.165) is 0 Å². The molecule has 2 aromatic carbocycles. The van der Waals surface area contributed by atoms with Gasteiger partial charge < -0.3 is 14.8 Å². The highest BCUT2D eigenvalue weighted by atomic mass is 32.2. The number of carbonyl (C=O) groups excluding carboxylic acids is 2. The van der Waals surface area contributed by atoms with E-state index in [-0.39, 0.29) is 18.8 Å². The zero-order valence-electron chi connectivity index (χ0n) is 18.2. The standard InChI is InChI=1S/C23H28N2O6S/c1-3-32(28,29)25-14-12-18(13-15-25)23(27)31-21(17-8-5-4-6-9-17)22(26)24-19-10-7-11-20(16-19)30-2/h4-11,16,18,21H,3,12-15H2,1-2H3,(H,24,26)/t21-/m1/s1. The van der Waals surface area contributed by atoms with E-state index in [2.05, 4.69) is 5.32 Å². The minimum Gasteiger partial charge on any atom is -0.497 e. The summed E-state index contributed by atoms with van der Waals surface area (Å²) in [6.45, 7) is 2.13. The second-order valence-corrected chi connectivity index (χ2v) is 9.78. The first-order valence-electron chi connectivity index (χ1n) is 10.5. The Labute approximate surface area is 188 Å². The molecule has 0 aliphatic carbocycles. The minimum atomic E-state index is -3.28. The van der Waals surface area contributed by atoms with Crippen molar-refractivity contribution in [2.75, 3.05) is 31.3 Å². The Balaban J connectivity index is 1.71. The van der Waals surface area contributed by atoms with E-state index in [1.165, 1.54) is 11.4 Å². The van der Waals surface area contributed by atoms with Crippen molar-refractivity contribution in [3.05, 3.63) is 60.2 Å². The molecule has 0 spiro atoms. The summed E-state index contributed by atoms with van der Waals surface area (Å²) in [6.07, 6.45) is -0.416. The van der Waals surface area contributed by atoms with Gasteiger partial charge in [-0.1, -0.05) is 36.4 Å². The molecule has 1 aliphatic heterocycles. The van der Waals surface area contributed by atoms with Crippen molar-refractivity contribution in [3.63, 3.8) is 0 Å². The van der Waals surface area contributed by atoms with Crippen LogP contribution in [0, 0.1) is 5.92 Å². The summed E-state index contributed by atoms with van der Waals surface area (Å²) in [6, 6.07) is 15.7. The van der Waals surface area contributed by atoms with E-state index in [4.69, 9.17) is 9.47 Å². The first-order chi connectivity index (χ1) is 15.3. The Bertz CT molecular complexity index is 1030. The van der Waals surface area contributed by atoms with Crippen molar-refractivity contribution < 1.29 is 27.5 Å². The number of methoxy groups -OCH3 is 1. The number of esters is 1. The van der Waals surface area contributed by atoms with E-state index in [1.807, 2.05) is 6.07 Å². The monoisotopic (exact) mass is 460 g/mol. The van der Waals surface area contributed by atoms with Crippen LogP contribution in [0.25, 0.3) is 0 Å². The van der Waals surface area contributed by atoms with Crippen molar-refractivity contribution in [1.82, 2.24) is 4.31 Å². The van der Waals surface area contributed by atoms with Gasteiger partial charge in [-0.2, -0.15) is 0 Å². The largest absolute Gasteiger partial charge is 0.497 e. The smallest absolute Gasteiger partial charge is 0.310 e. The number of hydrogen-bond acceptors (Lipinski definition) is 6. The van der Waals surface area contributed by atoms with Crippen LogP contribution in [-0.2, 0) is 24.3 Å². The lowest BCUT2D eigenvalue weighted by atomic mass is 9.98. The van der Waals surface area contributed by atoms with Crippen LogP contribution in [0.4, 0.5) is 5.69 Å².